The number of hydrogen-bond donors (Lipinski definition) is 2. The third-order valence-electron chi connectivity index (χ3n) is 4.17. The third kappa shape index (κ3) is 4.37. The van der Waals surface area contributed by atoms with Crippen LogP contribution in [-0.4, -0.2) is 57.9 Å². The van der Waals surface area contributed by atoms with Gasteiger partial charge >= 0.3 is 5.97 Å². The normalized spacial score (nSPS) is 18.3. The summed E-state index contributed by atoms with van der Waals surface area (Å²) in [6.07, 6.45) is 1.01. The number of hydrogen-bond acceptors (Lipinski definition) is 6. The first-order valence-corrected chi connectivity index (χ1v) is 9.61. The summed E-state index contributed by atoms with van der Waals surface area (Å²) in [5.41, 5.74) is 5.10. The van der Waals surface area contributed by atoms with E-state index in [4.69, 9.17) is 5.73 Å². The lowest BCUT2D eigenvalue weighted by Gasteiger charge is -2.31. The Labute approximate surface area is 151 Å². The Morgan fingerprint density at radius 1 is 1.42 bits per heavy atom. The van der Waals surface area contributed by atoms with Crippen molar-refractivity contribution in [2.45, 2.75) is 17.7 Å². The summed E-state index contributed by atoms with van der Waals surface area (Å²) < 4.78 is 45.3. The van der Waals surface area contributed by atoms with Crippen LogP contribution >= 0.6 is 0 Å². The number of halogens is 1. The van der Waals surface area contributed by atoms with Crippen molar-refractivity contribution in [2.75, 3.05) is 33.3 Å². The highest BCUT2D eigenvalue weighted by molar-refractivity contribution is 7.89. The van der Waals surface area contributed by atoms with Crippen LogP contribution in [0.3, 0.4) is 0 Å². The molecule has 1 unspecified atom stereocenters. The SMILES string of the molecule is COC(=O)c1ccc(F)cc1S(=O)(=O)N1CCCC(C(=O)NCCN)C1. The van der Waals surface area contributed by atoms with Gasteiger partial charge in [0.2, 0.25) is 15.9 Å². The number of ether oxygens (including phenoxy) is 1. The molecule has 26 heavy (non-hydrogen) atoms. The van der Waals surface area contributed by atoms with Gasteiger partial charge in [-0.1, -0.05) is 0 Å². The smallest absolute Gasteiger partial charge is 0.339 e. The molecule has 0 aliphatic carbocycles. The highest BCUT2D eigenvalue weighted by atomic mass is 32.2. The van der Waals surface area contributed by atoms with Crippen molar-refractivity contribution in [3.63, 3.8) is 0 Å². The first kappa shape index (κ1) is 20.3. The number of esters is 1. The van der Waals surface area contributed by atoms with E-state index in [1.165, 1.54) is 0 Å². The van der Waals surface area contributed by atoms with Gasteiger partial charge in [0.05, 0.1) is 23.5 Å². The maximum absolute atomic E-state index is 13.6. The van der Waals surface area contributed by atoms with Crippen LogP contribution in [-0.2, 0) is 19.6 Å². The Kier molecular flexibility index (Phi) is 6.68. The summed E-state index contributed by atoms with van der Waals surface area (Å²) in [7, 11) is -3.06. The van der Waals surface area contributed by atoms with Crippen molar-refractivity contribution in [1.82, 2.24) is 9.62 Å². The molecule has 10 heteroatoms. The molecule has 1 saturated heterocycles. The molecule has 1 aliphatic heterocycles. The van der Waals surface area contributed by atoms with Crippen molar-refractivity contribution in [1.29, 1.82) is 0 Å². The van der Waals surface area contributed by atoms with E-state index < -0.39 is 32.6 Å². The van der Waals surface area contributed by atoms with Gasteiger partial charge in [0.25, 0.3) is 0 Å². The van der Waals surface area contributed by atoms with Crippen molar-refractivity contribution in [2.24, 2.45) is 11.7 Å². The van der Waals surface area contributed by atoms with Gasteiger partial charge in [-0.25, -0.2) is 17.6 Å². The second kappa shape index (κ2) is 8.56. The van der Waals surface area contributed by atoms with Crippen LogP contribution in [0.5, 0.6) is 0 Å². The number of nitrogens with two attached hydrogens (primary N) is 1. The van der Waals surface area contributed by atoms with Gasteiger partial charge in [0.1, 0.15) is 5.82 Å². The van der Waals surface area contributed by atoms with Gasteiger partial charge in [-0.2, -0.15) is 4.31 Å². The van der Waals surface area contributed by atoms with Gasteiger partial charge < -0.3 is 15.8 Å². The van der Waals surface area contributed by atoms with Crippen molar-refractivity contribution >= 4 is 21.9 Å². The second-order valence-corrected chi connectivity index (χ2v) is 7.82. The van der Waals surface area contributed by atoms with Crippen LogP contribution in [0.1, 0.15) is 23.2 Å². The molecule has 3 N–H and O–H groups in total. The highest BCUT2D eigenvalue weighted by Crippen LogP contribution is 2.27. The van der Waals surface area contributed by atoms with Gasteiger partial charge in [0.15, 0.2) is 0 Å². The van der Waals surface area contributed by atoms with E-state index in [9.17, 15) is 22.4 Å². The van der Waals surface area contributed by atoms with E-state index in [0.717, 1.165) is 29.6 Å². The fourth-order valence-corrected chi connectivity index (χ4v) is 4.56. The zero-order valence-electron chi connectivity index (χ0n) is 14.4. The number of nitrogens with zero attached hydrogens (tertiary/aromatic N) is 1. The molecule has 1 fully saturated rings. The van der Waals surface area contributed by atoms with Crippen LogP contribution < -0.4 is 11.1 Å². The summed E-state index contributed by atoms with van der Waals surface area (Å²) in [6.45, 7) is 0.723. The largest absolute Gasteiger partial charge is 0.465 e. The minimum atomic E-state index is -4.17. The standard InChI is InChI=1S/C16H22FN3O5S/c1-25-16(22)13-5-4-12(17)9-14(13)26(23,24)20-8-2-3-11(10-20)15(21)19-7-6-18/h4-5,9,11H,2-3,6-8,10,18H2,1H3,(H,19,21). The lowest BCUT2D eigenvalue weighted by Crippen LogP contribution is -2.46. The molecule has 2 rings (SSSR count). The fourth-order valence-electron chi connectivity index (χ4n) is 2.84. The lowest BCUT2D eigenvalue weighted by molar-refractivity contribution is -0.126. The molecule has 1 amide bonds. The molecular formula is C16H22FN3O5S. The molecule has 1 heterocycles. The summed E-state index contributed by atoms with van der Waals surface area (Å²) in [6, 6.07) is 2.85. The predicted molar refractivity (Wildman–Crippen MR) is 91.3 cm³/mol. The van der Waals surface area contributed by atoms with Crippen LogP contribution in [0.15, 0.2) is 23.1 Å². The summed E-state index contributed by atoms with van der Waals surface area (Å²) in [5, 5.41) is 2.64. The number of sulfonamides is 1. The molecule has 0 radical (unpaired) electrons. The average Bonchev–Trinajstić information content (AvgIpc) is 2.65. The number of methoxy groups -OCH3 is 1. The maximum Gasteiger partial charge on any atom is 0.339 e. The fraction of sp³-hybridized carbons (Fsp3) is 0.500. The Hall–Kier alpha value is -2.04. The molecular weight excluding hydrogens is 365 g/mol. The molecule has 144 valence electrons. The van der Waals surface area contributed by atoms with Crippen LogP contribution in [0.2, 0.25) is 0 Å². The van der Waals surface area contributed by atoms with E-state index in [0.29, 0.717) is 19.4 Å². The van der Waals surface area contributed by atoms with E-state index >= 15 is 0 Å². The molecule has 1 aliphatic rings. The Bertz CT molecular complexity index is 784. The molecule has 0 aromatic heterocycles. The number of rotatable bonds is 6. The quantitative estimate of drug-likeness (QED) is 0.668. The van der Waals surface area contributed by atoms with Crippen molar-refractivity contribution in [3.05, 3.63) is 29.6 Å². The third-order valence-corrected chi connectivity index (χ3v) is 6.07. The topological polar surface area (TPSA) is 119 Å². The molecule has 8 nitrogen and oxygen atoms in total. The van der Waals surface area contributed by atoms with Gasteiger partial charge in [-0.3, -0.25) is 4.79 Å². The monoisotopic (exact) mass is 387 g/mol. The minimum Gasteiger partial charge on any atom is -0.465 e. The summed E-state index contributed by atoms with van der Waals surface area (Å²) >= 11 is 0. The van der Waals surface area contributed by atoms with Crippen LogP contribution in [0.25, 0.3) is 0 Å². The van der Waals surface area contributed by atoms with E-state index in [1.54, 1.807) is 0 Å². The number of carbonyl (C=O) groups is 2. The Balaban J connectivity index is 2.31. The first-order chi connectivity index (χ1) is 12.3. The minimum absolute atomic E-state index is 0.0458. The van der Waals surface area contributed by atoms with Crippen LogP contribution in [0.4, 0.5) is 4.39 Å². The first-order valence-electron chi connectivity index (χ1n) is 8.17. The van der Waals surface area contributed by atoms with Crippen molar-refractivity contribution in [3.8, 4) is 0 Å². The Morgan fingerprint density at radius 2 is 2.15 bits per heavy atom. The second-order valence-electron chi connectivity index (χ2n) is 5.91. The maximum atomic E-state index is 13.6. The van der Waals surface area contributed by atoms with Gasteiger partial charge in [0, 0.05) is 26.2 Å². The van der Waals surface area contributed by atoms with Gasteiger partial charge in [-0.05, 0) is 31.0 Å². The lowest BCUT2D eigenvalue weighted by atomic mass is 9.99. The number of nitrogens with one attached hydrogen (secondary N) is 1. The average molecular weight is 387 g/mol. The molecule has 1 aromatic carbocycles. The molecule has 0 spiro atoms. The summed E-state index contributed by atoms with van der Waals surface area (Å²) in [4.78, 5) is 23.5. The number of carbonyl (C=O) groups excluding carboxylic acids is 2. The van der Waals surface area contributed by atoms with Crippen LogP contribution in [0, 0.1) is 11.7 Å². The zero-order valence-corrected chi connectivity index (χ0v) is 15.2. The highest BCUT2D eigenvalue weighted by Gasteiger charge is 2.35. The van der Waals surface area contributed by atoms with E-state index in [2.05, 4.69) is 10.1 Å². The van der Waals surface area contributed by atoms with Crippen molar-refractivity contribution < 1.29 is 27.1 Å². The zero-order chi connectivity index (χ0) is 19.3. The molecule has 1 atom stereocenters. The molecule has 1 aromatic rings. The predicted octanol–water partition coefficient (Wildman–Crippen LogP) is 0.0879. The number of amides is 1. The van der Waals surface area contributed by atoms with E-state index in [1.807, 2.05) is 0 Å². The van der Waals surface area contributed by atoms with E-state index in [-0.39, 0.29) is 31.1 Å². The molecule has 0 bridgehead atoms. The molecule has 0 saturated carbocycles. The Morgan fingerprint density at radius 3 is 2.81 bits per heavy atom. The van der Waals surface area contributed by atoms with Gasteiger partial charge in [-0.15, -0.1) is 0 Å². The number of piperidine rings is 1. The number of benzene rings is 1. The summed E-state index contributed by atoms with van der Waals surface area (Å²) in [5.74, 6) is -2.47.